The number of fused-ring (bicyclic) bond motifs is 3. The van der Waals surface area contributed by atoms with Crippen LogP contribution in [0.25, 0.3) is 0 Å². The lowest BCUT2D eigenvalue weighted by atomic mass is 9.69. The van der Waals surface area contributed by atoms with Gasteiger partial charge in [0.25, 0.3) is 5.91 Å². The molecular weight excluding hydrogens is 511 g/mol. The second-order valence-electron chi connectivity index (χ2n) is 8.78. The summed E-state index contributed by atoms with van der Waals surface area (Å²) in [5.41, 5.74) is 3.39. The Kier molecular flexibility index (Phi) is 5.96. The molecule has 2 aromatic rings. The Morgan fingerprint density at radius 1 is 1.23 bits per heavy atom. The van der Waals surface area contributed by atoms with E-state index in [1.165, 1.54) is 16.9 Å². The van der Waals surface area contributed by atoms with Crippen LogP contribution >= 0.6 is 33.9 Å². The van der Waals surface area contributed by atoms with Crippen molar-refractivity contribution in [2.24, 2.45) is 11.3 Å². The number of ether oxygens (including phenoxy) is 2. The molecule has 2 N–H and O–H groups in total. The van der Waals surface area contributed by atoms with E-state index in [9.17, 15) is 4.79 Å². The summed E-state index contributed by atoms with van der Waals surface area (Å²) in [6.45, 7) is 7.02. The number of benzene rings is 1. The maximum Gasteiger partial charge on any atom is 0.256 e. The van der Waals surface area contributed by atoms with E-state index in [-0.39, 0.29) is 12.1 Å². The number of amides is 1. The molecule has 2 atom stereocenters. The van der Waals surface area contributed by atoms with Gasteiger partial charge in [0.2, 0.25) is 0 Å². The molecule has 0 fully saturated rings. The van der Waals surface area contributed by atoms with E-state index in [4.69, 9.17) is 9.47 Å². The van der Waals surface area contributed by atoms with E-state index in [1.807, 2.05) is 12.1 Å². The van der Waals surface area contributed by atoms with Crippen molar-refractivity contribution >= 4 is 44.8 Å². The minimum atomic E-state index is -0.290. The van der Waals surface area contributed by atoms with Crippen LogP contribution in [0.5, 0.6) is 11.5 Å². The SMILES string of the molecule is CCC(C)(C)[C@@H]1CCc2c(sc3c2C(=O)N[C@H](c2cc(I)c(OC)c(OC)c2)N3)C1. The summed E-state index contributed by atoms with van der Waals surface area (Å²) in [4.78, 5) is 14.5. The van der Waals surface area contributed by atoms with Crippen LogP contribution in [-0.4, -0.2) is 20.1 Å². The van der Waals surface area contributed by atoms with Crippen LogP contribution in [0.2, 0.25) is 0 Å². The van der Waals surface area contributed by atoms with Gasteiger partial charge in [-0.2, -0.15) is 0 Å². The average molecular weight is 540 g/mol. The molecule has 30 heavy (non-hydrogen) atoms. The lowest BCUT2D eigenvalue weighted by molar-refractivity contribution is 0.0934. The summed E-state index contributed by atoms with van der Waals surface area (Å²) in [5.74, 6) is 2.06. The molecule has 0 saturated carbocycles. The molecule has 1 aromatic carbocycles. The number of hydrogen-bond donors (Lipinski definition) is 2. The molecule has 4 rings (SSSR count). The lowest BCUT2D eigenvalue weighted by Gasteiger charge is -2.36. The number of rotatable bonds is 5. The van der Waals surface area contributed by atoms with Crippen molar-refractivity contribution in [2.75, 3.05) is 19.5 Å². The topological polar surface area (TPSA) is 59.6 Å². The number of methoxy groups -OCH3 is 2. The fraction of sp³-hybridized carbons (Fsp3) is 0.522. The number of anilines is 1. The zero-order chi connectivity index (χ0) is 21.6. The van der Waals surface area contributed by atoms with E-state index in [0.29, 0.717) is 22.8 Å². The first-order valence-corrected chi connectivity index (χ1v) is 12.3. The van der Waals surface area contributed by atoms with Crippen LogP contribution in [-0.2, 0) is 12.8 Å². The van der Waals surface area contributed by atoms with Crippen LogP contribution in [0.3, 0.4) is 0 Å². The summed E-state index contributed by atoms with van der Waals surface area (Å²) in [5, 5.41) is 7.72. The standard InChI is InChI=1S/C23H29IN2O3S/c1-6-23(2,3)13-7-8-14-17(11-13)30-22-18(14)21(27)25-20(26-22)12-9-15(24)19(29-5)16(10-12)28-4/h9-10,13,20,26H,6-8,11H2,1-5H3,(H,25,27)/t13-,20+/m1/s1. The summed E-state index contributed by atoms with van der Waals surface area (Å²) in [6, 6.07) is 3.95. The van der Waals surface area contributed by atoms with Crippen molar-refractivity contribution < 1.29 is 14.3 Å². The van der Waals surface area contributed by atoms with Crippen LogP contribution < -0.4 is 20.1 Å². The van der Waals surface area contributed by atoms with Gasteiger partial charge in [0.05, 0.1) is 23.4 Å². The van der Waals surface area contributed by atoms with Crippen LogP contribution in [0.4, 0.5) is 5.00 Å². The normalized spacial score (nSPS) is 20.7. The largest absolute Gasteiger partial charge is 0.493 e. The molecule has 0 radical (unpaired) electrons. The molecule has 5 nitrogen and oxygen atoms in total. The first-order valence-electron chi connectivity index (χ1n) is 10.4. The highest BCUT2D eigenvalue weighted by atomic mass is 127. The van der Waals surface area contributed by atoms with Crippen molar-refractivity contribution in [1.29, 1.82) is 0 Å². The van der Waals surface area contributed by atoms with Crippen molar-refractivity contribution in [3.8, 4) is 11.5 Å². The highest BCUT2D eigenvalue weighted by Gasteiger charge is 2.37. The van der Waals surface area contributed by atoms with E-state index in [0.717, 1.165) is 39.0 Å². The van der Waals surface area contributed by atoms with Crippen molar-refractivity contribution in [3.63, 3.8) is 0 Å². The number of nitrogens with one attached hydrogen (secondary N) is 2. The summed E-state index contributed by atoms with van der Waals surface area (Å²) >= 11 is 4.00. The van der Waals surface area contributed by atoms with Crippen molar-refractivity contribution in [3.05, 3.63) is 37.3 Å². The highest BCUT2D eigenvalue weighted by molar-refractivity contribution is 14.1. The molecule has 1 aliphatic carbocycles. The lowest BCUT2D eigenvalue weighted by Crippen LogP contribution is -2.38. The predicted octanol–water partition coefficient (Wildman–Crippen LogP) is 5.77. The van der Waals surface area contributed by atoms with E-state index >= 15 is 0 Å². The summed E-state index contributed by atoms with van der Waals surface area (Å²) in [7, 11) is 3.26. The third-order valence-electron chi connectivity index (χ3n) is 6.85. The molecule has 1 aliphatic heterocycles. The zero-order valence-corrected chi connectivity index (χ0v) is 21.1. The molecule has 7 heteroatoms. The predicted molar refractivity (Wildman–Crippen MR) is 130 cm³/mol. The Hall–Kier alpha value is -1.48. The van der Waals surface area contributed by atoms with Gasteiger partial charge in [-0.1, -0.05) is 27.2 Å². The number of carbonyl (C=O) groups excluding carboxylic acids is 1. The number of thiophene rings is 1. The summed E-state index contributed by atoms with van der Waals surface area (Å²) in [6.07, 6.45) is 4.10. The average Bonchev–Trinajstić information content (AvgIpc) is 3.11. The quantitative estimate of drug-likeness (QED) is 0.474. The maximum absolute atomic E-state index is 13.1. The van der Waals surface area contributed by atoms with Crippen LogP contribution in [0.15, 0.2) is 12.1 Å². The van der Waals surface area contributed by atoms with Gasteiger partial charge in [0.15, 0.2) is 11.5 Å². The molecule has 1 amide bonds. The van der Waals surface area contributed by atoms with Gasteiger partial charge in [-0.15, -0.1) is 11.3 Å². The molecule has 2 aliphatic rings. The van der Waals surface area contributed by atoms with Crippen molar-refractivity contribution in [1.82, 2.24) is 5.32 Å². The zero-order valence-electron chi connectivity index (χ0n) is 18.1. The van der Waals surface area contributed by atoms with E-state index in [2.05, 4.69) is 54.0 Å². The van der Waals surface area contributed by atoms with Gasteiger partial charge in [-0.3, -0.25) is 4.79 Å². The minimum absolute atomic E-state index is 0.0178. The number of halogens is 1. The van der Waals surface area contributed by atoms with Crippen LogP contribution in [0.1, 0.15) is 66.1 Å². The van der Waals surface area contributed by atoms with Gasteiger partial charge >= 0.3 is 0 Å². The van der Waals surface area contributed by atoms with E-state index in [1.54, 1.807) is 25.6 Å². The molecule has 0 bridgehead atoms. The third kappa shape index (κ3) is 3.68. The third-order valence-corrected chi connectivity index (χ3v) is 8.84. The fourth-order valence-corrected chi connectivity index (χ4v) is 6.72. The van der Waals surface area contributed by atoms with Gasteiger partial charge in [0.1, 0.15) is 11.2 Å². The molecule has 0 spiro atoms. The maximum atomic E-state index is 13.1. The Morgan fingerprint density at radius 3 is 2.67 bits per heavy atom. The molecule has 2 heterocycles. The first kappa shape index (κ1) is 21.7. The smallest absolute Gasteiger partial charge is 0.256 e. The van der Waals surface area contributed by atoms with Gasteiger partial charge < -0.3 is 20.1 Å². The number of carbonyl (C=O) groups is 1. The molecular formula is C23H29IN2O3S. The molecule has 1 aromatic heterocycles. The summed E-state index contributed by atoms with van der Waals surface area (Å²) < 4.78 is 11.9. The fourth-order valence-electron chi connectivity index (χ4n) is 4.53. The Labute approximate surface area is 196 Å². The Balaban J connectivity index is 1.65. The van der Waals surface area contributed by atoms with E-state index < -0.39 is 0 Å². The first-order chi connectivity index (χ1) is 14.3. The van der Waals surface area contributed by atoms with Gasteiger partial charge in [-0.25, -0.2) is 0 Å². The molecule has 0 unspecified atom stereocenters. The molecule has 162 valence electrons. The van der Waals surface area contributed by atoms with Crippen LogP contribution in [0, 0.1) is 14.9 Å². The second-order valence-corrected chi connectivity index (χ2v) is 11.0. The minimum Gasteiger partial charge on any atom is -0.493 e. The number of hydrogen-bond acceptors (Lipinski definition) is 5. The highest BCUT2D eigenvalue weighted by Crippen LogP contribution is 2.47. The monoisotopic (exact) mass is 540 g/mol. The Bertz CT molecular complexity index is 985. The van der Waals surface area contributed by atoms with Gasteiger partial charge in [0, 0.05) is 4.88 Å². The second kappa shape index (κ2) is 8.22. The Morgan fingerprint density at radius 2 is 2.00 bits per heavy atom. The molecule has 0 saturated heterocycles. The van der Waals surface area contributed by atoms with Crippen molar-refractivity contribution in [2.45, 2.75) is 52.6 Å². The van der Waals surface area contributed by atoms with Gasteiger partial charge in [-0.05, 0) is 76.4 Å².